The van der Waals surface area contributed by atoms with Crippen LogP contribution in [0.4, 0.5) is 0 Å². The Labute approximate surface area is 127 Å². The molecule has 22 heavy (non-hydrogen) atoms. The number of fused-ring (bicyclic) bond motifs is 1. The van der Waals surface area contributed by atoms with E-state index in [1.165, 1.54) is 0 Å². The van der Waals surface area contributed by atoms with Gasteiger partial charge in [0, 0.05) is 5.56 Å². The topological polar surface area (TPSA) is 38.7 Å². The van der Waals surface area contributed by atoms with Gasteiger partial charge in [-0.25, -0.2) is 9.79 Å². The van der Waals surface area contributed by atoms with Gasteiger partial charge in [0.1, 0.15) is 0 Å². The Kier molecular flexibility index (Phi) is 2.97. The Balaban J connectivity index is 1.82. The molecule has 3 aromatic carbocycles. The van der Waals surface area contributed by atoms with Crippen LogP contribution in [-0.2, 0) is 9.53 Å². The Morgan fingerprint density at radius 1 is 0.818 bits per heavy atom. The third-order valence-electron chi connectivity index (χ3n) is 3.81. The van der Waals surface area contributed by atoms with Gasteiger partial charge in [-0.05, 0) is 28.5 Å². The molecule has 0 spiro atoms. The van der Waals surface area contributed by atoms with Crippen molar-refractivity contribution in [1.29, 1.82) is 0 Å². The molecule has 3 heteroatoms. The molecule has 1 aliphatic heterocycles. The van der Waals surface area contributed by atoms with E-state index < -0.39 is 6.04 Å². The zero-order valence-electron chi connectivity index (χ0n) is 11.8. The molecule has 3 aromatic rings. The van der Waals surface area contributed by atoms with Crippen molar-refractivity contribution in [3.63, 3.8) is 0 Å². The number of cyclic esters (lactones) is 1. The minimum atomic E-state index is -0.596. The maximum Gasteiger partial charge on any atom is 0.342 e. The molecule has 1 aliphatic rings. The van der Waals surface area contributed by atoms with Crippen LogP contribution < -0.4 is 0 Å². The average Bonchev–Trinajstić information content (AvgIpc) is 2.97. The Bertz CT molecular complexity index is 879. The van der Waals surface area contributed by atoms with Gasteiger partial charge in [0.2, 0.25) is 5.90 Å². The van der Waals surface area contributed by atoms with E-state index in [0.29, 0.717) is 5.90 Å². The lowest BCUT2D eigenvalue weighted by Gasteiger charge is -2.08. The van der Waals surface area contributed by atoms with Crippen LogP contribution in [0.25, 0.3) is 10.8 Å². The van der Waals surface area contributed by atoms with Crippen LogP contribution in [0, 0.1) is 0 Å². The van der Waals surface area contributed by atoms with Gasteiger partial charge in [0.25, 0.3) is 0 Å². The molecule has 0 aromatic heterocycles. The Hall–Kier alpha value is -2.94. The maximum atomic E-state index is 12.3. The highest BCUT2D eigenvalue weighted by atomic mass is 16.6. The number of rotatable bonds is 2. The second kappa shape index (κ2) is 5.11. The molecule has 0 radical (unpaired) electrons. The monoisotopic (exact) mass is 287 g/mol. The Morgan fingerprint density at radius 2 is 1.55 bits per heavy atom. The molecule has 3 nitrogen and oxygen atoms in total. The second-order valence-electron chi connectivity index (χ2n) is 5.19. The molecule has 106 valence electrons. The fraction of sp³-hybridized carbons (Fsp3) is 0.0526. The highest BCUT2D eigenvalue weighted by Gasteiger charge is 2.32. The summed E-state index contributed by atoms with van der Waals surface area (Å²) in [5.74, 6) is 0.0683. The normalized spacial score (nSPS) is 17.4. The lowest BCUT2D eigenvalue weighted by Crippen LogP contribution is -2.09. The predicted octanol–water partition coefficient (Wildman–Crippen LogP) is 3.88. The van der Waals surface area contributed by atoms with Gasteiger partial charge in [-0.3, -0.25) is 0 Å². The van der Waals surface area contributed by atoms with Gasteiger partial charge < -0.3 is 4.74 Å². The first kappa shape index (κ1) is 12.8. The van der Waals surface area contributed by atoms with Gasteiger partial charge in [0.05, 0.1) is 0 Å². The predicted molar refractivity (Wildman–Crippen MR) is 85.8 cm³/mol. The summed E-state index contributed by atoms with van der Waals surface area (Å²) in [5.41, 5.74) is 1.70. The van der Waals surface area contributed by atoms with Gasteiger partial charge in [-0.2, -0.15) is 0 Å². The van der Waals surface area contributed by atoms with Crippen molar-refractivity contribution >= 4 is 22.6 Å². The molecule has 4 rings (SSSR count). The molecule has 0 fully saturated rings. The van der Waals surface area contributed by atoms with Crippen molar-refractivity contribution in [2.45, 2.75) is 6.04 Å². The lowest BCUT2D eigenvalue weighted by atomic mass is 9.99. The third kappa shape index (κ3) is 2.07. The fourth-order valence-corrected chi connectivity index (χ4v) is 2.75. The van der Waals surface area contributed by atoms with E-state index >= 15 is 0 Å². The van der Waals surface area contributed by atoms with Crippen LogP contribution in [0.1, 0.15) is 17.2 Å². The standard InChI is InChI=1S/C19H13NO2/c21-19-17(20-18(22-19)14-8-2-1-3-9-14)16-12-6-10-13-7-4-5-11-15(13)16/h1-12,17H. The first-order chi connectivity index (χ1) is 10.8. The Morgan fingerprint density at radius 3 is 2.41 bits per heavy atom. The van der Waals surface area contributed by atoms with Crippen molar-refractivity contribution in [1.82, 2.24) is 0 Å². The minimum absolute atomic E-state index is 0.324. The first-order valence-electron chi connectivity index (χ1n) is 7.15. The van der Waals surface area contributed by atoms with Crippen LogP contribution in [0.3, 0.4) is 0 Å². The SMILES string of the molecule is O=C1OC(c2ccccc2)=NC1c1cccc2ccccc12. The molecule has 1 unspecified atom stereocenters. The number of ether oxygens (including phenoxy) is 1. The average molecular weight is 287 g/mol. The summed E-state index contributed by atoms with van der Waals surface area (Å²) in [6.45, 7) is 0. The molecule has 0 saturated carbocycles. The second-order valence-corrected chi connectivity index (χ2v) is 5.19. The summed E-state index contributed by atoms with van der Waals surface area (Å²) in [6, 6.07) is 22.8. The van der Waals surface area contributed by atoms with Crippen molar-refractivity contribution in [2.75, 3.05) is 0 Å². The highest BCUT2D eigenvalue weighted by molar-refractivity contribution is 6.07. The van der Waals surface area contributed by atoms with E-state index in [2.05, 4.69) is 4.99 Å². The third-order valence-corrected chi connectivity index (χ3v) is 3.81. The number of aliphatic imine (C=N–C) groups is 1. The zero-order chi connectivity index (χ0) is 14.9. The number of benzene rings is 3. The number of hydrogen-bond donors (Lipinski definition) is 0. The lowest BCUT2D eigenvalue weighted by molar-refractivity contribution is -0.135. The molecule has 0 saturated heterocycles. The quantitative estimate of drug-likeness (QED) is 0.671. The summed E-state index contributed by atoms with van der Waals surface area (Å²) in [5, 5.41) is 2.13. The van der Waals surface area contributed by atoms with Crippen molar-refractivity contribution in [3.05, 3.63) is 83.9 Å². The molecule has 0 aliphatic carbocycles. The van der Waals surface area contributed by atoms with Crippen LogP contribution in [0.15, 0.2) is 77.8 Å². The van der Waals surface area contributed by atoms with Gasteiger partial charge in [-0.15, -0.1) is 0 Å². The summed E-state index contributed by atoms with van der Waals surface area (Å²) in [6.07, 6.45) is 0. The first-order valence-corrected chi connectivity index (χ1v) is 7.15. The van der Waals surface area contributed by atoms with E-state index in [0.717, 1.165) is 21.9 Å². The van der Waals surface area contributed by atoms with E-state index in [9.17, 15) is 4.79 Å². The fourth-order valence-electron chi connectivity index (χ4n) is 2.75. The largest absolute Gasteiger partial charge is 0.405 e. The maximum absolute atomic E-state index is 12.3. The molecule has 0 amide bonds. The van der Waals surface area contributed by atoms with E-state index in [1.54, 1.807) is 0 Å². The van der Waals surface area contributed by atoms with Gasteiger partial charge >= 0.3 is 5.97 Å². The van der Waals surface area contributed by atoms with Crippen molar-refractivity contribution < 1.29 is 9.53 Å². The minimum Gasteiger partial charge on any atom is -0.405 e. The van der Waals surface area contributed by atoms with Gasteiger partial charge in [-0.1, -0.05) is 60.7 Å². The summed E-state index contributed by atoms with van der Waals surface area (Å²) < 4.78 is 5.37. The smallest absolute Gasteiger partial charge is 0.342 e. The number of nitrogens with zero attached hydrogens (tertiary/aromatic N) is 1. The van der Waals surface area contributed by atoms with E-state index in [4.69, 9.17) is 4.74 Å². The van der Waals surface area contributed by atoms with Gasteiger partial charge in [0.15, 0.2) is 6.04 Å². The van der Waals surface area contributed by atoms with E-state index in [1.807, 2.05) is 72.8 Å². The molecule has 0 bridgehead atoms. The molecular formula is C19H13NO2. The molecular weight excluding hydrogens is 274 g/mol. The molecule has 1 heterocycles. The zero-order valence-corrected chi connectivity index (χ0v) is 11.8. The van der Waals surface area contributed by atoms with Crippen molar-refractivity contribution in [3.8, 4) is 0 Å². The number of hydrogen-bond acceptors (Lipinski definition) is 3. The molecule has 0 N–H and O–H groups in total. The number of carbonyl (C=O) groups excluding carboxylic acids is 1. The molecule has 1 atom stereocenters. The summed E-state index contributed by atoms with van der Waals surface area (Å²) in [7, 11) is 0. The summed E-state index contributed by atoms with van der Waals surface area (Å²) >= 11 is 0. The van der Waals surface area contributed by atoms with Crippen LogP contribution >= 0.6 is 0 Å². The highest BCUT2D eigenvalue weighted by Crippen LogP contribution is 2.31. The number of carbonyl (C=O) groups is 1. The summed E-state index contributed by atoms with van der Waals surface area (Å²) in [4.78, 5) is 16.8. The van der Waals surface area contributed by atoms with Crippen LogP contribution in [0.2, 0.25) is 0 Å². The number of esters is 1. The van der Waals surface area contributed by atoms with Crippen LogP contribution in [0.5, 0.6) is 0 Å². The van der Waals surface area contributed by atoms with E-state index in [-0.39, 0.29) is 5.97 Å². The van der Waals surface area contributed by atoms with Crippen molar-refractivity contribution in [2.24, 2.45) is 4.99 Å². The van der Waals surface area contributed by atoms with Crippen LogP contribution in [-0.4, -0.2) is 11.9 Å².